The van der Waals surface area contributed by atoms with Crippen LogP contribution in [0.1, 0.15) is 31.1 Å². The maximum atomic E-state index is 12.1. The Bertz CT molecular complexity index is 542. The molecule has 7 nitrogen and oxygen atoms in total. The van der Waals surface area contributed by atoms with Gasteiger partial charge in [0.05, 0.1) is 11.5 Å². The molecule has 114 valence electrons. The van der Waals surface area contributed by atoms with Crippen molar-refractivity contribution in [1.82, 2.24) is 5.32 Å². The van der Waals surface area contributed by atoms with Crippen molar-refractivity contribution >= 4 is 17.6 Å². The van der Waals surface area contributed by atoms with Crippen LogP contribution in [0.5, 0.6) is 0 Å². The van der Waals surface area contributed by atoms with Gasteiger partial charge in [-0.05, 0) is 18.9 Å². The summed E-state index contributed by atoms with van der Waals surface area (Å²) in [4.78, 5) is 34.0. The Kier molecular flexibility index (Phi) is 5.83. The predicted octanol–water partition coefficient (Wildman–Crippen LogP) is 1.91. The topological polar surface area (TPSA) is 98.5 Å². The van der Waals surface area contributed by atoms with Crippen molar-refractivity contribution in [3.05, 3.63) is 39.9 Å². The van der Waals surface area contributed by atoms with Gasteiger partial charge in [0.25, 0.3) is 11.6 Å². The van der Waals surface area contributed by atoms with Gasteiger partial charge in [0.2, 0.25) is 0 Å². The normalized spacial score (nSPS) is 11.8. The molecular formula is C14H18N2O5. The molecule has 21 heavy (non-hydrogen) atoms. The summed E-state index contributed by atoms with van der Waals surface area (Å²) in [6.07, 6.45) is 0. The van der Waals surface area contributed by atoms with Crippen LogP contribution in [0.3, 0.4) is 0 Å². The number of carbonyl (C=O) groups excluding carboxylic acids is 2. The Labute approximate surface area is 122 Å². The molecule has 1 aromatic carbocycles. The van der Waals surface area contributed by atoms with E-state index in [4.69, 9.17) is 4.74 Å². The lowest BCUT2D eigenvalue weighted by Gasteiger charge is -2.20. The number of carbonyl (C=O) groups is 2. The first-order valence-electron chi connectivity index (χ1n) is 6.58. The highest BCUT2D eigenvalue weighted by molar-refractivity contribution is 5.97. The second kappa shape index (κ2) is 7.37. The van der Waals surface area contributed by atoms with E-state index < -0.39 is 22.8 Å². The Morgan fingerprint density at radius 2 is 2.05 bits per heavy atom. The first-order valence-corrected chi connectivity index (χ1v) is 6.58. The van der Waals surface area contributed by atoms with Crippen LogP contribution in [0.25, 0.3) is 0 Å². The Morgan fingerprint density at radius 1 is 1.38 bits per heavy atom. The van der Waals surface area contributed by atoms with Crippen LogP contribution in [-0.4, -0.2) is 29.4 Å². The van der Waals surface area contributed by atoms with Crippen molar-refractivity contribution in [2.24, 2.45) is 5.92 Å². The molecule has 0 aliphatic heterocycles. The molecule has 0 bridgehead atoms. The van der Waals surface area contributed by atoms with Crippen LogP contribution >= 0.6 is 0 Å². The Morgan fingerprint density at radius 3 is 2.57 bits per heavy atom. The summed E-state index contributed by atoms with van der Waals surface area (Å²) < 4.78 is 4.90. The molecule has 0 radical (unpaired) electrons. The van der Waals surface area contributed by atoms with Crippen LogP contribution in [-0.2, 0) is 9.53 Å². The molecular weight excluding hydrogens is 276 g/mol. The summed E-state index contributed by atoms with van der Waals surface area (Å²) >= 11 is 0. The minimum atomic E-state index is -0.795. The van der Waals surface area contributed by atoms with Gasteiger partial charge < -0.3 is 10.1 Å². The second-order valence-corrected chi connectivity index (χ2v) is 4.75. The number of ether oxygens (including phenoxy) is 1. The molecule has 7 heteroatoms. The molecule has 1 N–H and O–H groups in total. The van der Waals surface area contributed by atoms with Crippen LogP contribution in [0.15, 0.2) is 24.3 Å². The zero-order valence-corrected chi connectivity index (χ0v) is 12.2. The number of nitro benzene ring substituents is 1. The molecule has 0 fully saturated rings. The Hall–Kier alpha value is -2.44. The van der Waals surface area contributed by atoms with Crippen molar-refractivity contribution in [3.8, 4) is 0 Å². The fourth-order valence-corrected chi connectivity index (χ4v) is 1.72. The van der Waals surface area contributed by atoms with E-state index in [2.05, 4.69) is 5.32 Å². The van der Waals surface area contributed by atoms with E-state index in [0.29, 0.717) is 0 Å². The lowest BCUT2D eigenvalue weighted by Crippen LogP contribution is -2.45. The molecule has 0 heterocycles. The third-order valence-corrected chi connectivity index (χ3v) is 2.81. The van der Waals surface area contributed by atoms with Crippen LogP contribution in [0, 0.1) is 16.0 Å². The molecule has 0 aliphatic carbocycles. The van der Waals surface area contributed by atoms with E-state index >= 15 is 0 Å². The maximum Gasteiger partial charge on any atom is 0.328 e. The quantitative estimate of drug-likeness (QED) is 0.491. The SMILES string of the molecule is CCOC(=O)[C@@H](NC(=O)c1cccc([N+](=O)[O-])c1)C(C)C. The highest BCUT2D eigenvalue weighted by Crippen LogP contribution is 2.14. The number of benzene rings is 1. The number of amides is 1. The van der Waals surface area contributed by atoms with E-state index in [1.807, 2.05) is 0 Å². The van der Waals surface area contributed by atoms with E-state index in [0.717, 1.165) is 6.07 Å². The van der Waals surface area contributed by atoms with Crippen molar-refractivity contribution in [2.75, 3.05) is 6.61 Å². The molecule has 0 aromatic heterocycles. The van der Waals surface area contributed by atoms with Crippen molar-refractivity contribution in [2.45, 2.75) is 26.8 Å². The molecule has 1 atom stereocenters. The van der Waals surface area contributed by atoms with Gasteiger partial charge in [0.15, 0.2) is 0 Å². The van der Waals surface area contributed by atoms with Crippen LogP contribution < -0.4 is 5.32 Å². The number of hydrogen-bond donors (Lipinski definition) is 1. The fraction of sp³-hybridized carbons (Fsp3) is 0.429. The number of hydrogen-bond acceptors (Lipinski definition) is 5. The lowest BCUT2D eigenvalue weighted by atomic mass is 10.0. The molecule has 0 spiro atoms. The first-order chi connectivity index (χ1) is 9.86. The van der Waals surface area contributed by atoms with Crippen molar-refractivity contribution in [1.29, 1.82) is 0 Å². The van der Waals surface area contributed by atoms with Gasteiger partial charge in [0.1, 0.15) is 6.04 Å². The van der Waals surface area contributed by atoms with Gasteiger partial charge in [-0.25, -0.2) is 4.79 Å². The van der Waals surface area contributed by atoms with E-state index in [9.17, 15) is 19.7 Å². The minimum Gasteiger partial charge on any atom is -0.464 e. The summed E-state index contributed by atoms with van der Waals surface area (Å²) in [6, 6.07) is 4.53. The molecule has 0 saturated carbocycles. The molecule has 0 unspecified atom stereocenters. The maximum absolute atomic E-state index is 12.1. The molecule has 1 rings (SSSR count). The van der Waals surface area contributed by atoms with Gasteiger partial charge in [-0.15, -0.1) is 0 Å². The average Bonchev–Trinajstić information content (AvgIpc) is 2.44. The van der Waals surface area contributed by atoms with Gasteiger partial charge in [0, 0.05) is 17.7 Å². The van der Waals surface area contributed by atoms with Gasteiger partial charge in [-0.1, -0.05) is 19.9 Å². The summed E-state index contributed by atoms with van der Waals surface area (Å²) in [5.74, 6) is -1.23. The standard InChI is InChI=1S/C14H18N2O5/c1-4-21-14(18)12(9(2)3)15-13(17)10-6-5-7-11(8-10)16(19)20/h5-9,12H,4H2,1-3H3,(H,15,17)/t12-/m0/s1. The smallest absolute Gasteiger partial charge is 0.328 e. The van der Waals surface area contributed by atoms with E-state index in [1.54, 1.807) is 20.8 Å². The monoisotopic (exact) mass is 294 g/mol. The van der Waals surface area contributed by atoms with Crippen molar-refractivity contribution in [3.63, 3.8) is 0 Å². The molecule has 0 saturated heterocycles. The lowest BCUT2D eigenvalue weighted by molar-refractivity contribution is -0.384. The number of nitrogens with one attached hydrogen (secondary N) is 1. The average molecular weight is 294 g/mol. The minimum absolute atomic E-state index is 0.124. The zero-order chi connectivity index (χ0) is 16.0. The number of nitrogens with zero attached hydrogens (tertiary/aromatic N) is 1. The zero-order valence-electron chi connectivity index (χ0n) is 12.2. The highest BCUT2D eigenvalue weighted by Gasteiger charge is 2.26. The van der Waals surface area contributed by atoms with Crippen LogP contribution in [0.2, 0.25) is 0 Å². The highest BCUT2D eigenvalue weighted by atomic mass is 16.6. The number of nitro groups is 1. The number of non-ortho nitro benzene ring substituents is 1. The first kappa shape index (κ1) is 16.6. The number of esters is 1. The summed E-state index contributed by atoms with van der Waals surface area (Å²) in [5.41, 5.74) is -0.0565. The summed E-state index contributed by atoms with van der Waals surface area (Å²) in [5, 5.41) is 13.2. The fourth-order valence-electron chi connectivity index (χ4n) is 1.72. The second-order valence-electron chi connectivity index (χ2n) is 4.75. The van der Waals surface area contributed by atoms with Crippen molar-refractivity contribution < 1.29 is 19.2 Å². The predicted molar refractivity (Wildman–Crippen MR) is 75.8 cm³/mol. The number of rotatable bonds is 6. The van der Waals surface area contributed by atoms with Gasteiger partial charge >= 0.3 is 5.97 Å². The molecule has 1 amide bonds. The largest absolute Gasteiger partial charge is 0.464 e. The Balaban J connectivity index is 2.89. The summed E-state index contributed by atoms with van der Waals surface area (Å²) in [7, 11) is 0. The third kappa shape index (κ3) is 4.55. The van der Waals surface area contributed by atoms with Gasteiger partial charge in [-0.2, -0.15) is 0 Å². The van der Waals surface area contributed by atoms with Crippen LogP contribution in [0.4, 0.5) is 5.69 Å². The van der Waals surface area contributed by atoms with Gasteiger partial charge in [-0.3, -0.25) is 14.9 Å². The summed E-state index contributed by atoms with van der Waals surface area (Å²) in [6.45, 7) is 5.44. The molecule has 1 aromatic rings. The molecule has 0 aliphatic rings. The van der Waals surface area contributed by atoms with E-state index in [-0.39, 0.29) is 23.8 Å². The third-order valence-electron chi connectivity index (χ3n) is 2.81. The van der Waals surface area contributed by atoms with E-state index in [1.165, 1.54) is 18.2 Å².